The highest BCUT2D eigenvalue weighted by Crippen LogP contribution is 2.40. The molecule has 0 aliphatic carbocycles. The molecule has 0 aliphatic rings. The molecule has 0 radical (unpaired) electrons. The lowest BCUT2D eigenvalue weighted by Gasteiger charge is -2.08. The predicted molar refractivity (Wildman–Crippen MR) is 222 cm³/mol. The van der Waals surface area contributed by atoms with Crippen LogP contribution in [0.4, 0.5) is 0 Å². The maximum absolute atomic E-state index is 2.46. The van der Waals surface area contributed by atoms with Crippen molar-refractivity contribution in [2.45, 2.75) is 129 Å². The molecule has 0 N–H and O–H groups in total. The van der Waals surface area contributed by atoms with E-state index in [0.29, 0.717) is 0 Å². The first-order valence-electron chi connectivity index (χ1n) is 19.9. The largest absolute Gasteiger partial charge is 0.135 e. The number of hydrogen-bond donors (Lipinski definition) is 0. The fraction of sp³-hybridized carbons (Fsp3) is 0.417. The molecule has 6 aromatic carbocycles. The molecule has 1 heterocycles. The van der Waals surface area contributed by atoms with Crippen molar-refractivity contribution in [1.82, 2.24) is 0 Å². The van der Waals surface area contributed by atoms with Gasteiger partial charge >= 0.3 is 0 Å². The van der Waals surface area contributed by atoms with E-state index in [4.69, 9.17) is 0 Å². The molecule has 1 aromatic heterocycles. The number of unbranched alkanes of at least 4 members (excludes halogenated alkanes) is 14. The van der Waals surface area contributed by atoms with Gasteiger partial charge in [0.15, 0.2) is 0 Å². The molecule has 7 aromatic rings. The van der Waals surface area contributed by atoms with Crippen LogP contribution < -0.4 is 0 Å². The molecule has 0 fully saturated rings. The summed E-state index contributed by atoms with van der Waals surface area (Å²) in [5.41, 5.74) is 2.97. The summed E-state index contributed by atoms with van der Waals surface area (Å²) >= 11 is 1.94. The molecule has 0 bridgehead atoms. The van der Waals surface area contributed by atoms with Crippen LogP contribution in [0.15, 0.2) is 84.9 Å². The third-order valence-electron chi connectivity index (χ3n) is 11.1. The zero-order valence-corrected chi connectivity index (χ0v) is 31.0. The summed E-state index contributed by atoms with van der Waals surface area (Å²) in [6.07, 6.45) is 24.4. The van der Waals surface area contributed by atoms with Gasteiger partial charge in [0.1, 0.15) is 0 Å². The second-order valence-electron chi connectivity index (χ2n) is 15.0. The molecular weight excluding hydrogens is 609 g/mol. The van der Waals surface area contributed by atoms with Crippen molar-refractivity contribution in [1.29, 1.82) is 0 Å². The predicted octanol–water partition coefficient (Wildman–Crippen LogP) is 16.0. The maximum atomic E-state index is 2.46. The first-order chi connectivity index (χ1) is 24.2. The van der Waals surface area contributed by atoms with Gasteiger partial charge in [-0.05, 0) is 128 Å². The molecule has 7 rings (SSSR count). The highest BCUT2D eigenvalue weighted by atomic mass is 32.1. The van der Waals surface area contributed by atoms with E-state index in [2.05, 4.69) is 98.8 Å². The molecule has 0 amide bonds. The molecule has 254 valence electrons. The van der Waals surface area contributed by atoms with Crippen molar-refractivity contribution in [3.05, 3.63) is 96.1 Å². The fourth-order valence-corrected chi connectivity index (χ4v) is 9.27. The third-order valence-corrected chi connectivity index (χ3v) is 12.2. The third kappa shape index (κ3) is 8.32. The minimum atomic E-state index is 1.19. The van der Waals surface area contributed by atoms with E-state index < -0.39 is 0 Å². The summed E-state index contributed by atoms with van der Waals surface area (Å²) in [6, 6.07) is 33.8. The lowest BCUT2D eigenvalue weighted by molar-refractivity contribution is 0.575. The van der Waals surface area contributed by atoms with E-state index >= 15 is 0 Å². The Morgan fingerprint density at radius 3 is 1.10 bits per heavy atom. The van der Waals surface area contributed by atoms with Crippen LogP contribution in [-0.2, 0) is 12.8 Å². The van der Waals surface area contributed by atoms with Crippen molar-refractivity contribution < 1.29 is 0 Å². The van der Waals surface area contributed by atoms with Gasteiger partial charge in [-0.1, -0.05) is 140 Å². The fourth-order valence-electron chi connectivity index (χ4n) is 8.10. The molecule has 0 saturated heterocycles. The molecule has 0 spiro atoms. The summed E-state index contributed by atoms with van der Waals surface area (Å²) in [5, 5.41) is 13.7. The Labute approximate surface area is 298 Å². The average Bonchev–Trinajstić information content (AvgIpc) is 3.45. The Morgan fingerprint density at radius 2 is 0.673 bits per heavy atom. The standard InChI is InChI=1S/C48H56S/c1-3-5-7-9-11-13-15-17-19-35-21-23-37-27-43-33-47-45(31-41(43)29-39(37)25-35)46-32-42-30-40-26-36(20-18-16-14-12-10-8-6-4-2)22-24-38(40)28-44(42)34-48(46)49-47/h21-34H,3-20H2,1-2H3. The minimum absolute atomic E-state index is 1.19. The van der Waals surface area contributed by atoms with Gasteiger partial charge in [0.25, 0.3) is 0 Å². The number of hydrogen-bond acceptors (Lipinski definition) is 1. The van der Waals surface area contributed by atoms with E-state index in [1.165, 1.54) is 190 Å². The molecule has 0 aliphatic heterocycles. The van der Waals surface area contributed by atoms with Crippen molar-refractivity contribution in [2.75, 3.05) is 0 Å². The summed E-state index contributed by atoms with van der Waals surface area (Å²) in [6.45, 7) is 4.60. The Kier molecular flexibility index (Phi) is 11.5. The van der Waals surface area contributed by atoms with Gasteiger partial charge in [-0.25, -0.2) is 0 Å². The summed E-state index contributed by atoms with van der Waals surface area (Å²) in [4.78, 5) is 0. The number of rotatable bonds is 18. The van der Waals surface area contributed by atoms with Gasteiger partial charge in [-0.15, -0.1) is 11.3 Å². The van der Waals surface area contributed by atoms with Crippen LogP contribution >= 0.6 is 11.3 Å². The van der Waals surface area contributed by atoms with Crippen molar-refractivity contribution in [3.8, 4) is 0 Å². The Hall–Kier alpha value is -3.42. The van der Waals surface area contributed by atoms with Crippen molar-refractivity contribution >= 4 is 74.6 Å². The van der Waals surface area contributed by atoms with Crippen LogP contribution in [0.2, 0.25) is 0 Å². The van der Waals surface area contributed by atoms with Crippen LogP contribution in [0.3, 0.4) is 0 Å². The maximum Gasteiger partial charge on any atom is 0.0361 e. The summed E-state index contributed by atoms with van der Waals surface area (Å²) < 4.78 is 2.78. The lowest BCUT2D eigenvalue weighted by atomic mass is 9.97. The average molecular weight is 665 g/mol. The Balaban J connectivity index is 1.08. The van der Waals surface area contributed by atoms with E-state index in [1.807, 2.05) is 11.3 Å². The quantitative estimate of drug-likeness (QED) is 0.0632. The smallest absolute Gasteiger partial charge is 0.0361 e. The highest BCUT2D eigenvalue weighted by Gasteiger charge is 2.11. The van der Waals surface area contributed by atoms with Crippen LogP contribution in [-0.4, -0.2) is 0 Å². The monoisotopic (exact) mass is 664 g/mol. The number of aryl methyl sites for hydroxylation is 2. The van der Waals surface area contributed by atoms with Crippen molar-refractivity contribution in [2.24, 2.45) is 0 Å². The first-order valence-corrected chi connectivity index (χ1v) is 20.7. The van der Waals surface area contributed by atoms with Crippen LogP contribution in [0.1, 0.15) is 128 Å². The van der Waals surface area contributed by atoms with E-state index in [1.54, 1.807) is 0 Å². The Bertz CT molecular complexity index is 2010. The zero-order valence-electron chi connectivity index (χ0n) is 30.2. The van der Waals surface area contributed by atoms with E-state index in [9.17, 15) is 0 Å². The summed E-state index contributed by atoms with van der Waals surface area (Å²) in [5.74, 6) is 0. The topological polar surface area (TPSA) is 0 Å². The van der Waals surface area contributed by atoms with Crippen molar-refractivity contribution in [3.63, 3.8) is 0 Å². The highest BCUT2D eigenvalue weighted by molar-refractivity contribution is 7.26. The van der Waals surface area contributed by atoms with E-state index in [-0.39, 0.29) is 0 Å². The second kappa shape index (κ2) is 16.5. The minimum Gasteiger partial charge on any atom is -0.135 e. The molecule has 0 nitrogen and oxygen atoms in total. The van der Waals surface area contributed by atoms with Gasteiger partial charge in [0.05, 0.1) is 0 Å². The molecular formula is C48H56S. The number of benzene rings is 6. The van der Waals surface area contributed by atoms with E-state index in [0.717, 1.165) is 0 Å². The van der Waals surface area contributed by atoms with Gasteiger partial charge < -0.3 is 0 Å². The number of thiophene rings is 1. The van der Waals surface area contributed by atoms with Gasteiger partial charge in [0, 0.05) is 20.2 Å². The molecule has 49 heavy (non-hydrogen) atoms. The van der Waals surface area contributed by atoms with Crippen LogP contribution in [0.25, 0.3) is 63.3 Å². The Morgan fingerprint density at radius 1 is 0.327 bits per heavy atom. The SMILES string of the molecule is CCCCCCCCCCc1ccc2cc3cc4sc5cc6cc7ccc(CCCCCCCCCC)cc7cc6cc5c4cc3cc2c1. The lowest BCUT2D eigenvalue weighted by Crippen LogP contribution is -1.87. The molecule has 0 atom stereocenters. The second-order valence-corrected chi connectivity index (χ2v) is 16.1. The van der Waals surface area contributed by atoms with Gasteiger partial charge in [-0.3, -0.25) is 0 Å². The molecule has 1 heteroatoms. The first kappa shape index (κ1) is 34.0. The molecule has 0 saturated carbocycles. The number of fused-ring (bicyclic) bond motifs is 7. The van der Waals surface area contributed by atoms with Crippen LogP contribution in [0.5, 0.6) is 0 Å². The van der Waals surface area contributed by atoms with Gasteiger partial charge in [-0.2, -0.15) is 0 Å². The van der Waals surface area contributed by atoms with Gasteiger partial charge in [0.2, 0.25) is 0 Å². The molecule has 0 unspecified atom stereocenters. The normalized spacial score (nSPS) is 12.1. The summed E-state index contributed by atoms with van der Waals surface area (Å²) in [7, 11) is 0. The zero-order chi connectivity index (χ0) is 33.4. The van der Waals surface area contributed by atoms with Crippen LogP contribution in [0, 0.1) is 0 Å².